The molecular weight excluding hydrogens is 292 g/mol. The van der Waals surface area contributed by atoms with Crippen molar-refractivity contribution in [1.82, 2.24) is 9.97 Å². The smallest absolute Gasteiger partial charge is 0.163 e. The van der Waals surface area contributed by atoms with Crippen LogP contribution in [0.15, 0.2) is 6.07 Å². The van der Waals surface area contributed by atoms with Crippen LogP contribution in [0.25, 0.3) is 10.2 Å². The van der Waals surface area contributed by atoms with Crippen LogP contribution in [0.1, 0.15) is 49.7 Å². The van der Waals surface area contributed by atoms with Gasteiger partial charge >= 0.3 is 0 Å². The molecule has 0 bridgehead atoms. The average molecular weight is 311 g/mol. The molecular formula is C15H19ClN2OS. The standard InChI is InChI=1S/C15H19ClN2OS/c1-3-10-9-11-12(16)17-14(18-13(11)20-10)15(19-2)7-5-4-6-8-15/h9H,3-8H2,1-2H3. The Morgan fingerprint density at radius 2 is 2.05 bits per heavy atom. The van der Waals surface area contributed by atoms with Gasteiger partial charge in [-0.25, -0.2) is 9.97 Å². The molecule has 1 fully saturated rings. The monoisotopic (exact) mass is 310 g/mol. The number of thiophene rings is 1. The van der Waals surface area contributed by atoms with E-state index in [-0.39, 0.29) is 5.60 Å². The molecule has 2 aromatic rings. The maximum Gasteiger partial charge on any atom is 0.163 e. The predicted octanol–water partition coefficient (Wildman–Crippen LogP) is 4.71. The van der Waals surface area contributed by atoms with Gasteiger partial charge in [-0.05, 0) is 25.3 Å². The van der Waals surface area contributed by atoms with E-state index < -0.39 is 0 Å². The zero-order chi connectivity index (χ0) is 14.2. The van der Waals surface area contributed by atoms with Gasteiger partial charge in [0.2, 0.25) is 0 Å². The van der Waals surface area contributed by atoms with Crippen molar-refractivity contribution >= 4 is 33.2 Å². The topological polar surface area (TPSA) is 35.0 Å². The number of rotatable bonds is 3. The molecule has 108 valence electrons. The van der Waals surface area contributed by atoms with Gasteiger partial charge in [0.05, 0.1) is 0 Å². The number of nitrogens with zero attached hydrogens (tertiary/aromatic N) is 2. The second-order valence-electron chi connectivity index (χ2n) is 5.38. The second kappa shape index (κ2) is 5.58. The van der Waals surface area contributed by atoms with Crippen LogP contribution in [-0.2, 0) is 16.8 Å². The largest absolute Gasteiger partial charge is 0.370 e. The van der Waals surface area contributed by atoms with Gasteiger partial charge < -0.3 is 4.74 Å². The van der Waals surface area contributed by atoms with E-state index in [9.17, 15) is 0 Å². The van der Waals surface area contributed by atoms with E-state index in [1.54, 1.807) is 18.4 Å². The van der Waals surface area contributed by atoms with Crippen molar-refractivity contribution < 1.29 is 4.74 Å². The second-order valence-corrected chi connectivity index (χ2v) is 6.86. The molecule has 0 saturated heterocycles. The summed E-state index contributed by atoms with van der Waals surface area (Å²) in [5.74, 6) is 0.765. The van der Waals surface area contributed by atoms with Crippen LogP contribution >= 0.6 is 22.9 Å². The Bertz CT molecular complexity index is 620. The maximum absolute atomic E-state index is 6.37. The molecule has 5 heteroatoms. The SMILES string of the molecule is CCc1cc2c(Cl)nc(C3(OC)CCCCC3)nc2s1. The summed E-state index contributed by atoms with van der Waals surface area (Å²) in [4.78, 5) is 11.6. The fourth-order valence-corrected chi connectivity index (χ4v) is 4.20. The molecule has 0 radical (unpaired) electrons. The average Bonchev–Trinajstić information content (AvgIpc) is 2.92. The molecule has 0 aromatic carbocycles. The highest BCUT2D eigenvalue weighted by molar-refractivity contribution is 7.18. The summed E-state index contributed by atoms with van der Waals surface area (Å²) in [5.41, 5.74) is -0.341. The normalized spacial score (nSPS) is 18.6. The molecule has 2 heterocycles. The first-order valence-corrected chi connectivity index (χ1v) is 8.39. The van der Waals surface area contributed by atoms with Crippen LogP contribution in [0.3, 0.4) is 0 Å². The van der Waals surface area contributed by atoms with Crippen LogP contribution in [0.2, 0.25) is 5.15 Å². The third-order valence-electron chi connectivity index (χ3n) is 4.21. The lowest BCUT2D eigenvalue weighted by Gasteiger charge is -2.34. The van der Waals surface area contributed by atoms with E-state index in [0.717, 1.165) is 48.1 Å². The first-order chi connectivity index (χ1) is 9.68. The van der Waals surface area contributed by atoms with Crippen molar-refractivity contribution in [2.75, 3.05) is 7.11 Å². The minimum absolute atomic E-state index is 0.341. The lowest BCUT2D eigenvalue weighted by Crippen LogP contribution is -2.33. The summed E-state index contributed by atoms with van der Waals surface area (Å²) in [5, 5.41) is 1.53. The van der Waals surface area contributed by atoms with Gasteiger partial charge in [0.1, 0.15) is 15.6 Å². The van der Waals surface area contributed by atoms with Crippen molar-refractivity contribution in [2.45, 2.75) is 51.0 Å². The van der Waals surface area contributed by atoms with Gasteiger partial charge in [0.15, 0.2) is 5.82 Å². The molecule has 1 aliphatic rings. The van der Waals surface area contributed by atoms with Crippen LogP contribution in [-0.4, -0.2) is 17.1 Å². The van der Waals surface area contributed by atoms with Gasteiger partial charge in [-0.1, -0.05) is 37.8 Å². The lowest BCUT2D eigenvalue weighted by atomic mass is 9.84. The Kier molecular flexibility index (Phi) is 3.98. The summed E-state index contributed by atoms with van der Waals surface area (Å²) in [6.07, 6.45) is 6.56. The molecule has 3 nitrogen and oxygen atoms in total. The van der Waals surface area contributed by atoms with Crippen molar-refractivity contribution in [1.29, 1.82) is 0 Å². The van der Waals surface area contributed by atoms with E-state index in [4.69, 9.17) is 21.3 Å². The minimum Gasteiger partial charge on any atom is -0.370 e. The van der Waals surface area contributed by atoms with Gasteiger partial charge in [0, 0.05) is 17.4 Å². The first kappa shape index (κ1) is 14.2. The zero-order valence-electron chi connectivity index (χ0n) is 11.9. The lowest BCUT2D eigenvalue weighted by molar-refractivity contribution is -0.0512. The summed E-state index contributed by atoms with van der Waals surface area (Å²) in [6, 6.07) is 2.10. The number of methoxy groups -OCH3 is 1. The van der Waals surface area contributed by atoms with Crippen LogP contribution in [0.4, 0.5) is 0 Å². The molecule has 0 unspecified atom stereocenters. The molecule has 20 heavy (non-hydrogen) atoms. The number of aromatic nitrogens is 2. The first-order valence-electron chi connectivity index (χ1n) is 7.20. The Hall–Kier alpha value is -0.710. The molecule has 0 amide bonds. The molecule has 0 aliphatic heterocycles. The van der Waals surface area contributed by atoms with Gasteiger partial charge in [-0.15, -0.1) is 11.3 Å². The van der Waals surface area contributed by atoms with Crippen molar-refractivity contribution in [3.63, 3.8) is 0 Å². The Balaban J connectivity index is 2.10. The van der Waals surface area contributed by atoms with Gasteiger partial charge in [-0.2, -0.15) is 0 Å². The summed E-state index contributed by atoms with van der Waals surface area (Å²) >= 11 is 8.08. The third kappa shape index (κ3) is 2.34. The van der Waals surface area contributed by atoms with E-state index in [0.29, 0.717) is 5.15 Å². The number of aryl methyl sites for hydroxylation is 1. The molecule has 2 aromatic heterocycles. The highest BCUT2D eigenvalue weighted by Crippen LogP contribution is 2.40. The summed E-state index contributed by atoms with van der Waals surface area (Å²) in [6.45, 7) is 2.14. The quantitative estimate of drug-likeness (QED) is 0.770. The number of halogens is 1. The van der Waals surface area contributed by atoms with E-state index in [1.165, 1.54) is 11.3 Å². The highest BCUT2D eigenvalue weighted by atomic mass is 35.5. The molecule has 0 spiro atoms. The number of ether oxygens (including phenoxy) is 1. The minimum atomic E-state index is -0.341. The predicted molar refractivity (Wildman–Crippen MR) is 83.6 cm³/mol. The third-order valence-corrected chi connectivity index (χ3v) is 5.67. The maximum atomic E-state index is 6.37. The van der Waals surface area contributed by atoms with Crippen molar-refractivity contribution in [2.24, 2.45) is 0 Å². The van der Waals surface area contributed by atoms with E-state index >= 15 is 0 Å². The number of hydrogen-bond donors (Lipinski definition) is 0. The highest BCUT2D eigenvalue weighted by Gasteiger charge is 2.37. The van der Waals surface area contributed by atoms with E-state index in [1.807, 2.05) is 0 Å². The Morgan fingerprint density at radius 1 is 1.30 bits per heavy atom. The Labute approximate surface area is 128 Å². The molecule has 1 saturated carbocycles. The van der Waals surface area contributed by atoms with Crippen LogP contribution in [0.5, 0.6) is 0 Å². The fraction of sp³-hybridized carbons (Fsp3) is 0.600. The number of hydrogen-bond acceptors (Lipinski definition) is 4. The fourth-order valence-electron chi connectivity index (χ4n) is 2.96. The van der Waals surface area contributed by atoms with Crippen molar-refractivity contribution in [3.05, 3.63) is 21.9 Å². The van der Waals surface area contributed by atoms with Gasteiger partial charge in [-0.3, -0.25) is 0 Å². The molecule has 1 aliphatic carbocycles. The van der Waals surface area contributed by atoms with Gasteiger partial charge in [0.25, 0.3) is 0 Å². The van der Waals surface area contributed by atoms with Crippen LogP contribution < -0.4 is 0 Å². The van der Waals surface area contributed by atoms with Crippen LogP contribution in [0, 0.1) is 0 Å². The summed E-state index contributed by atoms with van der Waals surface area (Å²) < 4.78 is 5.82. The summed E-state index contributed by atoms with van der Waals surface area (Å²) in [7, 11) is 1.76. The Morgan fingerprint density at radius 3 is 2.70 bits per heavy atom. The van der Waals surface area contributed by atoms with Crippen molar-refractivity contribution in [3.8, 4) is 0 Å². The molecule has 0 N–H and O–H groups in total. The van der Waals surface area contributed by atoms with E-state index in [2.05, 4.69) is 18.0 Å². The zero-order valence-corrected chi connectivity index (χ0v) is 13.5. The molecule has 0 atom stereocenters. The molecule has 3 rings (SSSR count). The number of fused-ring (bicyclic) bond motifs is 1.